The minimum absolute atomic E-state index is 0.100. The van der Waals surface area contributed by atoms with Crippen LogP contribution in [0.2, 0.25) is 0 Å². The molecule has 0 aliphatic carbocycles. The van der Waals surface area contributed by atoms with Gasteiger partial charge in [0.1, 0.15) is 5.75 Å². The predicted molar refractivity (Wildman–Crippen MR) is 102 cm³/mol. The lowest BCUT2D eigenvalue weighted by Crippen LogP contribution is -2.22. The normalized spacial score (nSPS) is 11.8. The Hall–Kier alpha value is -2.38. The van der Waals surface area contributed by atoms with Crippen molar-refractivity contribution in [1.29, 1.82) is 0 Å². The van der Waals surface area contributed by atoms with Gasteiger partial charge in [0.2, 0.25) is 11.0 Å². The largest absolute Gasteiger partial charge is 0.496 e. The molecule has 0 radical (unpaired) electrons. The molecule has 3 aromatic rings. The van der Waals surface area contributed by atoms with Gasteiger partial charge >= 0.3 is 0 Å². The fourth-order valence-electron chi connectivity index (χ4n) is 2.17. The third kappa shape index (κ3) is 4.37. The molecule has 1 atom stereocenters. The number of para-hydroxylation sites is 1. The van der Waals surface area contributed by atoms with Crippen molar-refractivity contribution < 1.29 is 9.53 Å². The molecule has 1 aromatic heterocycles. The Morgan fingerprint density at radius 1 is 1.12 bits per heavy atom. The molecule has 1 heterocycles. The highest BCUT2D eigenvalue weighted by Crippen LogP contribution is 2.33. The highest BCUT2D eigenvalue weighted by Gasteiger charge is 2.17. The number of hydrogen-bond donors (Lipinski definition) is 1. The van der Waals surface area contributed by atoms with Gasteiger partial charge in [0.25, 0.3) is 0 Å². The molecule has 1 amide bonds. The molecular weight excluding hydrogens is 354 g/mol. The topological polar surface area (TPSA) is 64.1 Å². The first-order valence-electron chi connectivity index (χ1n) is 7.67. The molecule has 1 N–H and O–H groups in total. The zero-order valence-corrected chi connectivity index (χ0v) is 15.4. The molecule has 25 heavy (non-hydrogen) atoms. The summed E-state index contributed by atoms with van der Waals surface area (Å²) in [6.07, 6.45) is 0. The Morgan fingerprint density at radius 3 is 2.60 bits per heavy atom. The number of methoxy groups -OCH3 is 1. The van der Waals surface area contributed by atoms with Gasteiger partial charge in [-0.3, -0.25) is 10.1 Å². The minimum atomic E-state index is -0.235. The number of benzene rings is 2. The summed E-state index contributed by atoms with van der Waals surface area (Å²) in [5, 5.41) is 12.0. The van der Waals surface area contributed by atoms with Gasteiger partial charge in [0.15, 0.2) is 5.01 Å². The molecule has 0 fully saturated rings. The van der Waals surface area contributed by atoms with Crippen LogP contribution in [-0.2, 0) is 4.79 Å². The molecule has 7 heteroatoms. The van der Waals surface area contributed by atoms with Crippen LogP contribution in [0.1, 0.15) is 6.92 Å². The Balaban J connectivity index is 1.67. The van der Waals surface area contributed by atoms with Gasteiger partial charge < -0.3 is 4.74 Å². The quantitative estimate of drug-likeness (QED) is 0.653. The SMILES string of the molecule is COc1ccccc1-c1nnc(NC(=O)C(C)Sc2ccccc2)s1. The van der Waals surface area contributed by atoms with Crippen molar-refractivity contribution in [2.24, 2.45) is 0 Å². The summed E-state index contributed by atoms with van der Waals surface area (Å²) in [4.78, 5) is 13.4. The first-order valence-corrected chi connectivity index (χ1v) is 9.36. The summed E-state index contributed by atoms with van der Waals surface area (Å²) in [6.45, 7) is 1.87. The molecule has 0 saturated carbocycles. The number of hydrogen-bond acceptors (Lipinski definition) is 6. The third-order valence-corrected chi connectivity index (χ3v) is 5.40. The Morgan fingerprint density at radius 2 is 1.84 bits per heavy atom. The van der Waals surface area contributed by atoms with Gasteiger partial charge in [0.05, 0.1) is 17.9 Å². The predicted octanol–water partition coefficient (Wildman–Crippen LogP) is 4.33. The minimum Gasteiger partial charge on any atom is -0.496 e. The standard InChI is InChI=1S/C18H17N3O2S2/c1-12(24-13-8-4-3-5-9-13)16(22)19-18-21-20-17(25-18)14-10-6-7-11-15(14)23-2/h3-12H,1-2H3,(H,19,21,22). The molecule has 0 saturated heterocycles. The van der Waals surface area contributed by atoms with Gasteiger partial charge in [-0.15, -0.1) is 22.0 Å². The van der Waals surface area contributed by atoms with Gasteiger partial charge in [-0.25, -0.2) is 0 Å². The number of carbonyl (C=O) groups is 1. The molecule has 0 aliphatic rings. The van der Waals surface area contributed by atoms with Crippen molar-refractivity contribution in [3.05, 3.63) is 54.6 Å². The van der Waals surface area contributed by atoms with Crippen LogP contribution in [0, 0.1) is 0 Å². The van der Waals surface area contributed by atoms with E-state index in [2.05, 4.69) is 15.5 Å². The third-order valence-electron chi connectivity index (χ3n) is 3.42. The van der Waals surface area contributed by atoms with Crippen molar-refractivity contribution >= 4 is 34.1 Å². The van der Waals surface area contributed by atoms with E-state index in [1.807, 2.05) is 61.5 Å². The number of nitrogens with one attached hydrogen (secondary N) is 1. The molecule has 0 aliphatic heterocycles. The summed E-state index contributed by atoms with van der Waals surface area (Å²) < 4.78 is 5.34. The van der Waals surface area contributed by atoms with Crippen molar-refractivity contribution in [3.63, 3.8) is 0 Å². The summed E-state index contributed by atoms with van der Waals surface area (Å²) in [6, 6.07) is 17.4. The maximum atomic E-state index is 12.4. The number of anilines is 1. The second kappa shape index (κ2) is 8.13. The van der Waals surface area contributed by atoms with E-state index in [1.54, 1.807) is 7.11 Å². The lowest BCUT2D eigenvalue weighted by molar-refractivity contribution is -0.115. The van der Waals surface area contributed by atoms with E-state index in [0.717, 1.165) is 16.2 Å². The molecule has 0 bridgehead atoms. The lowest BCUT2D eigenvalue weighted by atomic mass is 10.2. The zero-order valence-electron chi connectivity index (χ0n) is 13.8. The van der Waals surface area contributed by atoms with E-state index in [0.29, 0.717) is 10.1 Å². The van der Waals surface area contributed by atoms with Gasteiger partial charge in [0, 0.05) is 4.90 Å². The van der Waals surface area contributed by atoms with Crippen LogP contribution in [0.5, 0.6) is 5.75 Å². The maximum Gasteiger partial charge on any atom is 0.239 e. The van der Waals surface area contributed by atoms with Crippen LogP contribution >= 0.6 is 23.1 Å². The summed E-state index contributed by atoms with van der Waals surface area (Å²) in [5.41, 5.74) is 0.856. The first kappa shape index (κ1) is 17.4. The second-order valence-corrected chi connectivity index (χ2v) is 7.57. The highest BCUT2D eigenvalue weighted by molar-refractivity contribution is 8.00. The van der Waals surface area contributed by atoms with Crippen LogP contribution in [0.15, 0.2) is 59.5 Å². The lowest BCUT2D eigenvalue weighted by Gasteiger charge is -2.09. The Bertz CT molecular complexity index is 852. The van der Waals surface area contributed by atoms with E-state index in [-0.39, 0.29) is 11.2 Å². The number of nitrogens with zero attached hydrogens (tertiary/aromatic N) is 2. The molecule has 2 aromatic carbocycles. The first-order chi connectivity index (χ1) is 12.2. The smallest absolute Gasteiger partial charge is 0.239 e. The number of thioether (sulfide) groups is 1. The van der Waals surface area contributed by atoms with Crippen LogP contribution in [0.3, 0.4) is 0 Å². The van der Waals surface area contributed by atoms with E-state index in [9.17, 15) is 4.79 Å². The number of amides is 1. The van der Waals surface area contributed by atoms with Crippen molar-refractivity contribution in [3.8, 4) is 16.3 Å². The molecule has 0 spiro atoms. The average molecular weight is 371 g/mol. The van der Waals surface area contributed by atoms with Crippen molar-refractivity contribution in [2.45, 2.75) is 17.1 Å². The van der Waals surface area contributed by atoms with Crippen molar-refractivity contribution in [2.75, 3.05) is 12.4 Å². The van der Waals surface area contributed by atoms with Crippen molar-refractivity contribution in [1.82, 2.24) is 10.2 Å². The summed E-state index contributed by atoms with van der Waals surface area (Å²) in [7, 11) is 1.62. The average Bonchev–Trinajstić information content (AvgIpc) is 3.10. The van der Waals surface area contributed by atoms with Crippen LogP contribution in [0.4, 0.5) is 5.13 Å². The summed E-state index contributed by atoms with van der Waals surface area (Å²) >= 11 is 2.83. The van der Waals surface area contributed by atoms with Gasteiger partial charge in [-0.1, -0.05) is 41.7 Å². The molecule has 3 rings (SSSR count). The number of carbonyl (C=O) groups excluding carboxylic acids is 1. The number of ether oxygens (including phenoxy) is 1. The van der Waals surface area contributed by atoms with Crippen LogP contribution in [-0.4, -0.2) is 28.5 Å². The monoisotopic (exact) mass is 371 g/mol. The fraction of sp³-hybridized carbons (Fsp3) is 0.167. The molecule has 128 valence electrons. The van der Waals surface area contributed by atoms with Crippen LogP contribution in [0.25, 0.3) is 10.6 Å². The number of rotatable bonds is 6. The molecule has 1 unspecified atom stereocenters. The number of aromatic nitrogens is 2. The van der Waals surface area contributed by atoms with Gasteiger partial charge in [-0.2, -0.15) is 0 Å². The van der Waals surface area contributed by atoms with Gasteiger partial charge in [-0.05, 0) is 31.2 Å². The fourth-order valence-corrected chi connectivity index (χ4v) is 3.83. The molecular formula is C18H17N3O2S2. The van der Waals surface area contributed by atoms with E-state index in [1.165, 1.54) is 23.1 Å². The van der Waals surface area contributed by atoms with Crippen LogP contribution < -0.4 is 10.1 Å². The Labute approximate surface area is 154 Å². The van der Waals surface area contributed by atoms with E-state index in [4.69, 9.17) is 4.74 Å². The highest BCUT2D eigenvalue weighted by atomic mass is 32.2. The molecule has 5 nitrogen and oxygen atoms in total. The maximum absolute atomic E-state index is 12.4. The summed E-state index contributed by atoms with van der Waals surface area (Å²) in [5.74, 6) is 0.626. The zero-order chi connectivity index (χ0) is 17.6. The second-order valence-electron chi connectivity index (χ2n) is 5.18. The van der Waals surface area contributed by atoms with E-state index < -0.39 is 0 Å². The van der Waals surface area contributed by atoms with E-state index >= 15 is 0 Å². The Kier molecular flexibility index (Phi) is 5.67.